The molecular formula is C12H14N2O2. The lowest BCUT2D eigenvalue weighted by Gasteiger charge is -2.37. The highest BCUT2D eigenvalue weighted by Crippen LogP contribution is 2.36. The summed E-state index contributed by atoms with van der Waals surface area (Å²) in [6, 6.07) is 2.19. The Morgan fingerprint density at radius 1 is 1.31 bits per heavy atom. The Bertz CT molecular complexity index is 411. The Morgan fingerprint density at radius 2 is 1.94 bits per heavy atom. The summed E-state index contributed by atoms with van der Waals surface area (Å²) in [6.45, 7) is 1.62. The molecule has 0 saturated heterocycles. The summed E-state index contributed by atoms with van der Waals surface area (Å²) in [7, 11) is 0. The number of hydrogen-bond acceptors (Lipinski definition) is 3. The molecule has 0 atom stereocenters. The molecule has 0 aromatic heterocycles. The average Bonchev–Trinajstić information content (AvgIpc) is 2.54. The van der Waals surface area contributed by atoms with Crippen molar-refractivity contribution < 1.29 is 9.59 Å². The molecule has 1 saturated carbocycles. The van der Waals surface area contributed by atoms with Gasteiger partial charge in [-0.25, -0.2) is 0 Å². The number of rotatable bonds is 1. The molecule has 0 unspecified atom stereocenters. The molecule has 1 fully saturated rings. The minimum atomic E-state index is -0.888. The van der Waals surface area contributed by atoms with E-state index >= 15 is 0 Å². The lowest BCUT2D eigenvalue weighted by molar-refractivity contribution is -0.143. The average molecular weight is 218 g/mol. The van der Waals surface area contributed by atoms with Crippen molar-refractivity contribution in [2.75, 3.05) is 0 Å². The Kier molecular flexibility index (Phi) is 2.55. The smallest absolute Gasteiger partial charge is 0.257 e. The summed E-state index contributed by atoms with van der Waals surface area (Å²) >= 11 is 0. The van der Waals surface area contributed by atoms with Gasteiger partial charge in [0.2, 0.25) is 0 Å². The van der Waals surface area contributed by atoms with E-state index in [2.05, 4.69) is 6.07 Å². The number of imide groups is 1. The van der Waals surface area contributed by atoms with Crippen LogP contribution in [0.5, 0.6) is 0 Å². The van der Waals surface area contributed by atoms with Crippen LogP contribution in [0.2, 0.25) is 0 Å². The van der Waals surface area contributed by atoms with E-state index in [9.17, 15) is 14.9 Å². The number of hydrogen-bond donors (Lipinski definition) is 0. The Morgan fingerprint density at radius 3 is 2.38 bits per heavy atom. The molecule has 2 amide bonds. The van der Waals surface area contributed by atoms with Crippen LogP contribution in [-0.2, 0) is 9.59 Å². The zero-order valence-electron chi connectivity index (χ0n) is 9.32. The predicted octanol–water partition coefficient (Wildman–Crippen LogP) is 1.53. The second-order valence-corrected chi connectivity index (χ2v) is 4.51. The van der Waals surface area contributed by atoms with Gasteiger partial charge in [0.05, 0.1) is 6.07 Å². The summed E-state index contributed by atoms with van der Waals surface area (Å²) in [5, 5.41) is 9.30. The highest BCUT2D eigenvalue weighted by atomic mass is 16.2. The van der Waals surface area contributed by atoms with Crippen molar-refractivity contribution in [2.45, 2.75) is 44.6 Å². The van der Waals surface area contributed by atoms with Crippen molar-refractivity contribution in [2.24, 2.45) is 0 Å². The zero-order valence-corrected chi connectivity index (χ0v) is 9.32. The van der Waals surface area contributed by atoms with Crippen LogP contribution in [0.25, 0.3) is 0 Å². The number of nitrogens with zero attached hydrogens (tertiary/aromatic N) is 2. The fourth-order valence-corrected chi connectivity index (χ4v) is 2.52. The highest BCUT2D eigenvalue weighted by molar-refractivity contribution is 6.16. The molecule has 0 aromatic rings. The fourth-order valence-electron chi connectivity index (χ4n) is 2.52. The van der Waals surface area contributed by atoms with Crippen molar-refractivity contribution in [1.82, 2.24) is 4.90 Å². The van der Waals surface area contributed by atoms with E-state index in [1.165, 1.54) is 11.0 Å². The summed E-state index contributed by atoms with van der Waals surface area (Å²) < 4.78 is 0. The number of amides is 2. The molecule has 84 valence electrons. The first-order chi connectivity index (χ1) is 7.60. The second-order valence-electron chi connectivity index (χ2n) is 4.51. The van der Waals surface area contributed by atoms with Crippen molar-refractivity contribution >= 4 is 11.8 Å². The number of nitriles is 1. The Hall–Kier alpha value is -1.63. The SMILES string of the molecule is CC1=CC(=O)N(C2(C#N)CCCCC2)C1=O. The molecule has 1 aliphatic carbocycles. The maximum atomic E-state index is 11.9. The molecular weight excluding hydrogens is 204 g/mol. The number of carbonyl (C=O) groups excluding carboxylic acids is 2. The quantitative estimate of drug-likeness (QED) is 0.627. The molecule has 4 heteroatoms. The van der Waals surface area contributed by atoms with Gasteiger partial charge < -0.3 is 0 Å². The topological polar surface area (TPSA) is 61.2 Å². The molecule has 0 N–H and O–H groups in total. The van der Waals surface area contributed by atoms with Crippen LogP contribution in [0, 0.1) is 11.3 Å². The summed E-state index contributed by atoms with van der Waals surface area (Å²) in [5.41, 5.74) is -0.453. The molecule has 16 heavy (non-hydrogen) atoms. The Labute approximate surface area is 94.5 Å². The first-order valence-electron chi connectivity index (χ1n) is 5.59. The van der Waals surface area contributed by atoms with Gasteiger partial charge in [-0.1, -0.05) is 19.3 Å². The van der Waals surface area contributed by atoms with Crippen LogP contribution in [0.1, 0.15) is 39.0 Å². The van der Waals surface area contributed by atoms with E-state index in [1.807, 2.05) is 0 Å². The van der Waals surface area contributed by atoms with E-state index in [4.69, 9.17) is 0 Å². The van der Waals surface area contributed by atoms with Gasteiger partial charge in [0.15, 0.2) is 0 Å². The standard InChI is InChI=1S/C12H14N2O2/c1-9-7-10(15)14(11(9)16)12(8-13)5-3-2-4-6-12/h7H,2-6H2,1H3. The maximum Gasteiger partial charge on any atom is 0.257 e. The molecule has 0 spiro atoms. The van der Waals surface area contributed by atoms with E-state index in [0.29, 0.717) is 18.4 Å². The second kappa shape index (κ2) is 3.75. The largest absolute Gasteiger partial charge is 0.269 e. The maximum absolute atomic E-state index is 11.9. The third-order valence-electron chi connectivity index (χ3n) is 3.42. The number of carbonyl (C=O) groups is 2. The highest BCUT2D eigenvalue weighted by Gasteiger charge is 2.46. The van der Waals surface area contributed by atoms with Gasteiger partial charge in [0.1, 0.15) is 5.54 Å². The monoisotopic (exact) mass is 218 g/mol. The molecule has 0 aromatic carbocycles. The third kappa shape index (κ3) is 1.44. The van der Waals surface area contributed by atoms with Gasteiger partial charge in [0, 0.05) is 11.6 Å². The summed E-state index contributed by atoms with van der Waals surface area (Å²) in [5.74, 6) is -0.626. The van der Waals surface area contributed by atoms with Gasteiger partial charge in [-0.2, -0.15) is 5.26 Å². The van der Waals surface area contributed by atoms with Gasteiger partial charge in [-0.15, -0.1) is 0 Å². The van der Waals surface area contributed by atoms with Crippen molar-refractivity contribution in [3.63, 3.8) is 0 Å². The van der Waals surface area contributed by atoms with Crippen molar-refractivity contribution in [3.8, 4) is 6.07 Å². The molecule has 0 radical (unpaired) electrons. The molecule has 1 aliphatic heterocycles. The lowest BCUT2D eigenvalue weighted by atomic mass is 9.81. The first kappa shape index (κ1) is 10.9. The molecule has 0 bridgehead atoms. The minimum absolute atomic E-state index is 0.298. The van der Waals surface area contributed by atoms with E-state index in [1.54, 1.807) is 6.92 Å². The molecule has 4 nitrogen and oxygen atoms in total. The van der Waals surface area contributed by atoms with Crippen LogP contribution in [0.15, 0.2) is 11.6 Å². The van der Waals surface area contributed by atoms with Gasteiger partial charge in [-0.05, 0) is 19.8 Å². The zero-order chi connectivity index (χ0) is 11.8. The minimum Gasteiger partial charge on any atom is -0.269 e. The van der Waals surface area contributed by atoms with Gasteiger partial charge >= 0.3 is 0 Å². The molecule has 2 aliphatic rings. The predicted molar refractivity (Wildman–Crippen MR) is 57.0 cm³/mol. The van der Waals surface area contributed by atoms with Crippen LogP contribution in [0.4, 0.5) is 0 Å². The first-order valence-corrected chi connectivity index (χ1v) is 5.59. The normalized spacial score (nSPS) is 24.2. The van der Waals surface area contributed by atoms with Crippen LogP contribution in [-0.4, -0.2) is 22.3 Å². The molecule has 1 heterocycles. The fraction of sp³-hybridized carbons (Fsp3) is 0.583. The van der Waals surface area contributed by atoms with E-state index in [-0.39, 0.29) is 11.8 Å². The van der Waals surface area contributed by atoms with Crippen LogP contribution < -0.4 is 0 Å². The van der Waals surface area contributed by atoms with Crippen LogP contribution >= 0.6 is 0 Å². The third-order valence-corrected chi connectivity index (χ3v) is 3.42. The van der Waals surface area contributed by atoms with Gasteiger partial charge in [0.25, 0.3) is 11.8 Å². The lowest BCUT2D eigenvalue weighted by Crippen LogP contribution is -2.52. The molecule has 2 rings (SSSR count). The van der Waals surface area contributed by atoms with Gasteiger partial charge in [-0.3, -0.25) is 14.5 Å². The van der Waals surface area contributed by atoms with E-state index < -0.39 is 5.54 Å². The van der Waals surface area contributed by atoms with E-state index in [0.717, 1.165) is 19.3 Å². The van der Waals surface area contributed by atoms with Crippen molar-refractivity contribution in [1.29, 1.82) is 5.26 Å². The Balaban J connectivity index is 2.33. The van der Waals surface area contributed by atoms with Crippen molar-refractivity contribution in [3.05, 3.63) is 11.6 Å². The van der Waals surface area contributed by atoms with Crippen LogP contribution in [0.3, 0.4) is 0 Å². The summed E-state index contributed by atoms with van der Waals surface area (Å²) in [6.07, 6.45) is 5.44. The summed E-state index contributed by atoms with van der Waals surface area (Å²) in [4.78, 5) is 24.8.